The molecule has 1 heterocycles. The molecule has 6 nitrogen and oxygen atoms in total. The van der Waals surface area contributed by atoms with E-state index in [0.29, 0.717) is 5.90 Å². The van der Waals surface area contributed by atoms with Crippen molar-refractivity contribution >= 4 is 16.0 Å². The lowest BCUT2D eigenvalue weighted by molar-refractivity contribution is 0.0491. The van der Waals surface area contributed by atoms with E-state index >= 15 is 0 Å². The van der Waals surface area contributed by atoms with Crippen LogP contribution < -0.4 is 0 Å². The maximum atomic E-state index is 11.3. The van der Waals surface area contributed by atoms with Crippen molar-refractivity contribution in [1.82, 2.24) is 0 Å². The quantitative estimate of drug-likeness (QED) is 0.618. The van der Waals surface area contributed by atoms with Crippen LogP contribution in [0.25, 0.3) is 0 Å². The Kier molecular flexibility index (Phi) is 4.76. The molecule has 1 aliphatic heterocycles. The van der Waals surface area contributed by atoms with E-state index in [2.05, 4.69) is 11.6 Å². The number of aliphatic hydroxyl groups excluding tert-OH is 1. The number of hydrogen-bond acceptors (Lipinski definition) is 6. The first-order valence-corrected chi connectivity index (χ1v) is 8.17. The molecule has 1 aromatic carbocycles. The Balaban J connectivity index is 2.22. The third kappa shape index (κ3) is 4.13. The van der Waals surface area contributed by atoms with E-state index in [-0.39, 0.29) is 6.61 Å². The number of nitrogens with zero attached hydrogens (tertiary/aromatic N) is 1. The summed E-state index contributed by atoms with van der Waals surface area (Å²) >= 11 is 0. The average Bonchev–Trinajstić information content (AvgIpc) is 2.93. The number of aliphatic imine (C=N–C) groups is 1. The highest BCUT2D eigenvalue weighted by molar-refractivity contribution is 7.86. The van der Waals surface area contributed by atoms with Gasteiger partial charge in [0, 0.05) is 5.56 Å². The minimum atomic E-state index is -3.73. The molecule has 2 rings (SSSR count). The largest absolute Gasteiger partial charge is 0.475 e. The molecule has 1 aliphatic rings. The van der Waals surface area contributed by atoms with Crippen molar-refractivity contribution in [2.75, 3.05) is 12.9 Å². The Labute approximate surface area is 123 Å². The van der Waals surface area contributed by atoms with Gasteiger partial charge in [0.2, 0.25) is 5.90 Å². The van der Waals surface area contributed by atoms with Crippen LogP contribution in [-0.4, -0.2) is 50.5 Å². The molecule has 0 spiro atoms. The van der Waals surface area contributed by atoms with Gasteiger partial charge in [-0.3, -0.25) is 4.18 Å². The van der Waals surface area contributed by atoms with Gasteiger partial charge in [0.1, 0.15) is 24.9 Å². The predicted octanol–water partition coefficient (Wildman–Crippen LogP) is 0.724. The van der Waals surface area contributed by atoms with Gasteiger partial charge in [-0.2, -0.15) is 8.42 Å². The number of aliphatic hydroxyl groups is 1. The van der Waals surface area contributed by atoms with Crippen molar-refractivity contribution in [3.8, 4) is 0 Å². The first kappa shape index (κ1) is 15.7. The molecule has 7 heteroatoms. The van der Waals surface area contributed by atoms with Crippen LogP contribution >= 0.6 is 0 Å². The number of benzene rings is 1. The Bertz CT molecular complexity index is 626. The van der Waals surface area contributed by atoms with Gasteiger partial charge in [-0.25, -0.2) is 4.99 Å². The highest BCUT2D eigenvalue weighted by atomic mass is 32.2. The van der Waals surface area contributed by atoms with E-state index in [9.17, 15) is 13.5 Å². The standard InChI is InChI=1S/C14H17NO5S/c1-3-12(16)13(20-21(2,17)18)11-9-19-14(15-11)10-7-5-4-6-8-10/h3-8,11-13,16H,1,9H2,2H3/t11-,12+,13+/m0/s1. The lowest BCUT2D eigenvalue weighted by Crippen LogP contribution is -2.40. The van der Waals surface area contributed by atoms with E-state index in [1.165, 1.54) is 6.08 Å². The maximum Gasteiger partial charge on any atom is 0.264 e. The molecule has 0 fully saturated rings. The van der Waals surface area contributed by atoms with E-state index in [0.717, 1.165) is 11.8 Å². The Hall–Kier alpha value is -1.70. The van der Waals surface area contributed by atoms with E-state index < -0.39 is 28.4 Å². The SMILES string of the molecule is C=C[C@@H](O)[C@H](OS(C)(=O)=O)[C@@H]1COC(c2ccccc2)=N1. The zero-order chi connectivity index (χ0) is 15.5. The number of ether oxygens (including phenoxy) is 1. The van der Waals surface area contributed by atoms with Crippen molar-refractivity contribution in [3.63, 3.8) is 0 Å². The van der Waals surface area contributed by atoms with Crippen molar-refractivity contribution in [2.45, 2.75) is 18.2 Å². The molecule has 0 amide bonds. The summed E-state index contributed by atoms with van der Waals surface area (Å²) in [6.45, 7) is 3.58. The lowest BCUT2D eigenvalue weighted by atomic mass is 10.1. The topological polar surface area (TPSA) is 85.2 Å². The number of rotatable bonds is 6. The van der Waals surface area contributed by atoms with Gasteiger partial charge in [-0.1, -0.05) is 24.3 Å². The molecule has 0 unspecified atom stereocenters. The second-order valence-electron chi connectivity index (χ2n) is 4.67. The van der Waals surface area contributed by atoms with Crippen LogP contribution in [0, 0.1) is 0 Å². The van der Waals surface area contributed by atoms with Crippen LogP contribution in [0.15, 0.2) is 48.0 Å². The maximum absolute atomic E-state index is 11.3. The minimum absolute atomic E-state index is 0.134. The smallest absolute Gasteiger partial charge is 0.264 e. The Morgan fingerprint density at radius 2 is 2.14 bits per heavy atom. The fourth-order valence-corrected chi connectivity index (χ4v) is 2.63. The van der Waals surface area contributed by atoms with Gasteiger partial charge in [0.25, 0.3) is 10.1 Å². The van der Waals surface area contributed by atoms with Crippen LogP contribution in [0.4, 0.5) is 0 Å². The highest BCUT2D eigenvalue weighted by Crippen LogP contribution is 2.20. The average molecular weight is 311 g/mol. The second-order valence-corrected chi connectivity index (χ2v) is 6.27. The highest BCUT2D eigenvalue weighted by Gasteiger charge is 2.35. The Morgan fingerprint density at radius 3 is 2.71 bits per heavy atom. The number of hydrogen-bond donors (Lipinski definition) is 1. The first-order chi connectivity index (χ1) is 9.90. The molecule has 0 bridgehead atoms. The molecule has 0 saturated heterocycles. The van der Waals surface area contributed by atoms with Gasteiger partial charge in [0.05, 0.1) is 6.26 Å². The molecular weight excluding hydrogens is 294 g/mol. The summed E-state index contributed by atoms with van der Waals surface area (Å²) < 4.78 is 33.0. The zero-order valence-corrected chi connectivity index (χ0v) is 12.4. The van der Waals surface area contributed by atoms with Crippen molar-refractivity contribution < 1.29 is 22.4 Å². The fourth-order valence-electron chi connectivity index (χ4n) is 1.98. The van der Waals surface area contributed by atoms with E-state index in [1.54, 1.807) is 0 Å². The zero-order valence-electron chi connectivity index (χ0n) is 11.5. The molecule has 0 aliphatic carbocycles. The van der Waals surface area contributed by atoms with Crippen LogP contribution in [0.1, 0.15) is 5.56 Å². The van der Waals surface area contributed by atoms with Crippen molar-refractivity contribution in [1.29, 1.82) is 0 Å². The summed E-state index contributed by atoms with van der Waals surface area (Å²) in [6, 6.07) is 8.60. The van der Waals surface area contributed by atoms with Crippen LogP contribution in [-0.2, 0) is 19.0 Å². The molecule has 21 heavy (non-hydrogen) atoms. The van der Waals surface area contributed by atoms with Gasteiger partial charge in [-0.15, -0.1) is 6.58 Å². The Morgan fingerprint density at radius 1 is 1.48 bits per heavy atom. The molecule has 114 valence electrons. The third-order valence-electron chi connectivity index (χ3n) is 2.94. The van der Waals surface area contributed by atoms with E-state index in [4.69, 9.17) is 8.92 Å². The molecule has 1 N–H and O–H groups in total. The summed E-state index contributed by atoms with van der Waals surface area (Å²) in [4.78, 5) is 4.31. The molecule has 0 aromatic heterocycles. The van der Waals surface area contributed by atoms with Gasteiger partial charge >= 0.3 is 0 Å². The van der Waals surface area contributed by atoms with Gasteiger partial charge < -0.3 is 9.84 Å². The van der Waals surface area contributed by atoms with Crippen LogP contribution in [0.2, 0.25) is 0 Å². The third-order valence-corrected chi connectivity index (χ3v) is 3.51. The van der Waals surface area contributed by atoms with E-state index in [1.807, 2.05) is 30.3 Å². The monoisotopic (exact) mass is 311 g/mol. The normalized spacial score (nSPS) is 21.2. The molecule has 0 radical (unpaired) electrons. The summed E-state index contributed by atoms with van der Waals surface area (Å²) in [5, 5.41) is 9.87. The van der Waals surface area contributed by atoms with Crippen LogP contribution in [0.3, 0.4) is 0 Å². The summed E-state index contributed by atoms with van der Waals surface area (Å²) in [7, 11) is -3.73. The van der Waals surface area contributed by atoms with Gasteiger partial charge in [0.15, 0.2) is 0 Å². The molecule has 1 aromatic rings. The van der Waals surface area contributed by atoms with Gasteiger partial charge in [-0.05, 0) is 12.1 Å². The summed E-state index contributed by atoms with van der Waals surface area (Å²) in [6.07, 6.45) is -0.0785. The predicted molar refractivity (Wildman–Crippen MR) is 78.6 cm³/mol. The molecular formula is C14H17NO5S. The van der Waals surface area contributed by atoms with Crippen molar-refractivity contribution in [2.24, 2.45) is 4.99 Å². The van der Waals surface area contributed by atoms with Crippen molar-refractivity contribution in [3.05, 3.63) is 48.6 Å². The minimum Gasteiger partial charge on any atom is -0.475 e. The van der Waals surface area contributed by atoms with Crippen LogP contribution in [0.5, 0.6) is 0 Å². The lowest BCUT2D eigenvalue weighted by Gasteiger charge is -2.22. The fraction of sp³-hybridized carbons (Fsp3) is 0.357. The first-order valence-electron chi connectivity index (χ1n) is 6.35. The summed E-state index contributed by atoms with van der Waals surface area (Å²) in [5.41, 5.74) is 0.784. The molecule has 3 atom stereocenters. The second kappa shape index (κ2) is 6.38. The summed E-state index contributed by atoms with van der Waals surface area (Å²) in [5.74, 6) is 0.402. The molecule has 0 saturated carbocycles.